The van der Waals surface area contributed by atoms with Crippen molar-refractivity contribution in [1.29, 1.82) is 0 Å². The zero-order chi connectivity index (χ0) is 15.2. The Labute approximate surface area is 123 Å². The normalized spacial score (nSPS) is 21.5. The fourth-order valence-corrected chi connectivity index (χ4v) is 2.94. The molecule has 0 saturated heterocycles. The molecular weight excluding hydrogens is 274 g/mol. The summed E-state index contributed by atoms with van der Waals surface area (Å²) in [5.74, 6) is -1.28. The zero-order valence-corrected chi connectivity index (χ0v) is 12.1. The Morgan fingerprint density at radius 2 is 2.10 bits per heavy atom. The Bertz CT molecular complexity index is 493. The quantitative estimate of drug-likeness (QED) is 0.847. The first-order valence-electron chi connectivity index (χ1n) is 7.53. The molecule has 2 atom stereocenters. The molecule has 1 fully saturated rings. The smallest absolute Gasteiger partial charge is 0.220 e. The summed E-state index contributed by atoms with van der Waals surface area (Å²) < 4.78 is 25.8. The van der Waals surface area contributed by atoms with E-state index in [-0.39, 0.29) is 11.9 Å². The van der Waals surface area contributed by atoms with Crippen molar-refractivity contribution in [3.05, 3.63) is 35.4 Å². The first-order chi connectivity index (χ1) is 10.1. The molecule has 0 aliphatic heterocycles. The van der Waals surface area contributed by atoms with Crippen LogP contribution < -0.4 is 11.1 Å². The summed E-state index contributed by atoms with van der Waals surface area (Å²) >= 11 is 0. The van der Waals surface area contributed by atoms with Gasteiger partial charge in [0.2, 0.25) is 5.91 Å². The minimum Gasteiger partial charge on any atom is -0.353 e. The van der Waals surface area contributed by atoms with Crippen LogP contribution in [0.2, 0.25) is 0 Å². The predicted octanol–water partition coefficient (Wildman–Crippen LogP) is 2.53. The molecule has 1 aromatic carbocycles. The van der Waals surface area contributed by atoms with Crippen molar-refractivity contribution in [3.63, 3.8) is 0 Å². The van der Waals surface area contributed by atoms with E-state index < -0.39 is 11.6 Å². The van der Waals surface area contributed by atoms with Gasteiger partial charge in [-0.05, 0) is 55.8 Å². The lowest BCUT2D eigenvalue weighted by molar-refractivity contribution is -0.122. The van der Waals surface area contributed by atoms with Crippen molar-refractivity contribution in [2.24, 2.45) is 11.7 Å². The summed E-state index contributed by atoms with van der Waals surface area (Å²) in [4.78, 5) is 11.9. The highest BCUT2D eigenvalue weighted by atomic mass is 19.2. The van der Waals surface area contributed by atoms with E-state index in [0.29, 0.717) is 37.3 Å². The molecule has 1 aliphatic carbocycles. The maximum atomic E-state index is 13.1. The Kier molecular flexibility index (Phi) is 5.67. The Morgan fingerprint density at radius 1 is 1.29 bits per heavy atom. The fourth-order valence-electron chi connectivity index (χ4n) is 2.94. The lowest BCUT2D eigenvalue weighted by atomic mass is 10.0. The number of aryl methyl sites for hydroxylation is 1. The topological polar surface area (TPSA) is 55.1 Å². The second-order valence-electron chi connectivity index (χ2n) is 5.70. The monoisotopic (exact) mass is 296 g/mol. The third-order valence-electron chi connectivity index (χ3n) is 4.16. The SMILES string of the molecule is NCC1CCCC1NC(=O)CCCc1ccc(F)c(F)c1. The third-order valence-corrected chi connectivity index (χ3v) is 4.16. The number of hydrogen-bond donors (Lipinski definition) is 2. The van der Waals surface area contributed by atoms with Crippen LogP contribution in [0.4, 0.5) is 8.78 Å². The third kappa shape index (κ3) is 4.49. The largest absolute Gasteiger partial charge is 0.353 e. The van der Waals surface area contributed by atoms with E-state index in [2.05, 4.69) is 5.32 Å². The minimum atomic E-state index is -0.842. The van der Waals surface area contributed by atoms with Gasteiger partial charge in [0.1, 0.15) is 0 Å². The molecular formula is C16H22F2N2O. The van der Waals surface area contributed by atoms with Gasteiger partial charge in [-0.25, -0.2) is 8.78 Å². The van der Waals surface area contributed by atoms with E-state index in [4.69, 9.17) is 5.73 Å². The molecule has 3 nitrogen and oxygen atoms in total. The number of benzene rings is 1. The number of amides is 1. The van der Waals surface area contributed by atoms with Gasteiger partial charge in [0, 0.05) is 12.5 Å². The average molecular weight is 296 g/mol. The Balaban J connectivity index is 1.72. The number of carbonyl (C=O) groups is 1. The van der Waals surface area contributed by atoms with Crippen LogP contribution in [0.1, 0.15) is 37.7 Å². The Hall–Kier alpha value is -1.49. The summed E-state index contributed by atoms with van der Waals surface area (Å²) in [6.45, 7) is 0.611. The van der Waals surface area contributed by atoms with Crippen LogP contribution >= 0.6 is 0 Å². The van der Waals surface area contributed by atoms with Crippen molar-refractivity contribution >= 4 is 5.91 Å². The predicted molar refractivity (Wildman–Crippen MR) is 77.6 cm³/mol. The highest BCUT2D eigenvalue weighted by Crippen LogP contribution is 2.24. The lowest BCUT2D eigenvalue weighted by Crippen LogP contribution is -2.39. The van der Waals surface area contributed by atoms with Gasteiger partial charge in [0.15, 0.2) is 11.6 Å². The average Bonchev–Trinajstić information content (AvgIpc) is 2.90. The second-order valence-corrected chi connectivity index (χ2v) is 5.70. The molecule has 0 heterocycles. The Morgan fingerprint density at radius 3 is 2.81 bits per heavy atom. The van der Waals surface area contributed by atoms with Gasteiger partial charge in [-0.1, -0.05) is 12.5 Å². The van der Waals surface area contributed by atoms with E-state index in [1.54, 1.807) is 6.07 Å². The molecule has 1 amide bonds. The van der Waals surface area contributed by atoms with Crippen molar-refractivity contribution in [1.82, 2.24) is 5.32 Å². The molecule has 2 rings (SSSR count). The molecule has 21 heavy (non-hydrogen) atoms. The van der Waals surface area contributed by atoms with Crippen molar-refractivity contribution < 1.29 is 13.6 Å². The molecule has 2 unspecified atom stereocenters. The molecule has 0 bridgehead atoms. The summed E-state index contributed by atoms with van der Waals surface area (Å²) in [7, 11) is 0. The standard InChI is InChI=1S/C16H22F2N2O/c17-13-8-7-11(9-14(13)18)3-1-6-16(21)20-15-5-2-4-12(15)10-19/h7-9,12,15H,1-6,10,19H2,(H,20,21). The van der Waals surface area contributed by atoms with Gasteiger partial charge in [-0.2, -0.15) is 0 Å². The van der Waals surface area contributed by atoms with Gasteiger partial charge in [-0.15, -0.1) is 0 Å². The number of halogens is 2. The number of nitrogens with two attached hydrogens (primary N) is 1. The van der Waals surface area contributed by atoms with E-state index in [1.165, 1.54) is 6.07 Å². The minimum absolute atomic E-state index is 0.0166. The summed E-state index contributed by atoms with van der Waals surface area (Å²) in [6.07, 6.45) is 4.77. The van der Waals surface area contributed by atoms with E-state index >= 15 is 0 Å². The number of carbonyl (C=O) groups excluding carboxylic acids is 1. The molecule has 1 aliphatic rings. The fraction of sp³-hybridized carbons (Fsp3) is 0.562. The van der Waals surface area contributed by atoms with E-state index in [1.807, 2.05) is 0 Å². The molecule has 5 heteroatoms. The number of hydrogen-bond acceptors (Lipinski definition) is 2. The van der Waals surface area contributed by atoms with Gasteiger partial charge in [0.05, 0.1) is 0 Å². The van der Waals surface area contributed by atoms with Gasteiger partial charge in [0.25, 0.3) is 0 Å². The van der Waals surface area contributed by atoms with Gasteiger partial charge in [-0.3, -0.25) is 4.79 Å². The molecule has 1 aromatic rings. The second kappa shape index (κ2) is 7.50. The van der Waals surface area contributed by atoms with Crippen LogP contribution in [0.5, 0.6) is 0 Å². The maximum absolute atomic E-state index is 13.1. The van der Waals surface area contributed by atoms with Crippen molar-refractivity contribution in [2.75, 3.05) is 6.54 Å². The molecule has 0 aromatic heterocycles. The lowest BCUT2D eigenvalue weighted by Gasteiger charge is -2.19. The van der Waals surface area contributed by atoms with Crippen LogP contribution in [0, 0.1) is 17.6 Å². The van der Waals surface area contributed by atoms with Crippen molar-refractivity contribution in [3.8, 4) is 0 Å². The van der Waals surface area contributed by atoms with Crippen molar-refractivity contribution in [2.45, 2.75) is 44.6 Å². The number of rotatable bonds is 6. The van der Waals surface area contributed by atoms with Crippen LogP contribution in [-0.2, 0) is 11.2 Å². The van der Waals surface area contributed by atoms with Crippen LogP contribution in [0.15, 0.2) is 18.2 Å². The highest BCUT2D eigenvalue weighted by molar-refractivity contribution is 5.76. The van der Waals surface area contributed by atoms with Gasteiger partial charge < -0.3 is 11.1 Å². The number of nitrogens with one attached hydrogen (secondary N) is 1. The molecule has 0 radical (unpaired) electrons. The van der Waals surface area contributed by atoms with E-state index in [9.17, 15) is 13.6 Å². The van der Waals surface area contributed by atoms with E-state index in [0.717, 1.165) is 25.3 Å². The summed E-state index contributed by atoms with van der Waals surface area (Å²) in [5, 5.41) is 3.03. The molecule has 0 spiro atoms. The van der Waals surface area contributed by atoms with Crippen LogP contribution in [0.3, 0.4) is 0 Å². The molecule has 116 valence electrons. The highest BCUT2D eigenvalue weighted by Gasteiger charge is 2.26. The first-order valence-corrected chi connectivity index (χ1v) is 7.53. The van der Waals surface area contributed by atoms with Gasteiger partial charge >= 0.3 is 0 Å². The van der Waals surface area contributed by atoms with Crippen LogP contribution in [-0.4, -0.2) is 18.5 Å². The van der Waals surface area contributed by atoms with Crippen LogP contribution in [0.25, 0.3) is 0 Å². The first kappa shape index (κ1) is 15.9. The zero-order valence-electron chi connectivity index (χ0n) is 12.1. The summed E-state index contributed by atoms with van der Waals surface area (Å²) in [6, 6.07) is 4.06. The summed E-state index contributed by atoms with van der Waals surface area (Å²) in [5.41, 5.74) is 6.40. The molecule has 1 saturated carbocycles. The molecule has 3 N–H and O–H groups in total. The maximum Gasteiger partial charge on any atom is 0.220 e.